The lowest BCUT2D eigenvalue weighted by molar-refractivity contribution is 0.101. The molecular weight excluding hydrogens is 406 g/mol. The van der Waals surface area contributed by atoms with Gasteiger partial charge >= 0.3 is 10.1 Å². The van der Waals surface area contributed by atoms with E-state index in [2.05, 4.69) is 5.32 Å². The second-order valence-corrected chi connectivity index (χ2v) is 7.85. The molecule has 0 aliphatic carbocycles. The average molecular weight is 425 g/mol. The van der Waals surface area contributed by atoms with Crippen molar-refractivity contribution >= 4 is 27.5 Å². The molecule has 0 saturated heterocycles. The van der Waals surface area contributed by atoms with Crippen LogP contribution in [-0.2, 0) is 10.1 Å². The molecule has 3 aromatic carbocycles. The Labute approximate surface area is 174 Å². The molecule has 0 aliphatic rings. The number of amides is 1. The van der Waals surface area contributed by atoms with Crippen molar-refractivity contribution in [2.24, 2.45) is 0 Å². The largest absolute Gasteiger partial charge is 0.496 e. The molecule has 0 heterocycles. The first-order chi connectivity index (χ1) is 14.3. The SMILES string of the molecule is COc1ccccc1C(=O)Nc1ccc(OS(=O)(=O)c2cccc(C(C)=O)c2)cc1. The molecule has 1 N–H and O–H groups in total. The molecular formula is C22H19NO6S. The number of benzene rings is 3. The number of hydrogen-bond donors (Lipinski definition) is 1. The monoisotopic (exact) mass is 425 g/mol. The highest BCUT2D eigenvalue weighted by atomic mass is 32.2. The van der Waals surface area contributed by atoms with Gasteiger partial charge in [0.25, 0.3) is 5.91 Å². The number of para-hydroxylation sites is 1. The van der Waals surface area contributed by atoms with Gasteiger partial charge in [-0.1, -0.05) is 24.3 Å². The number of ether oxygens (including phenoxy) is 1. The van der Waals surface area contributed by atoms with Crippen LogP contribution < -0.4 is 14.2 Å². The van der Waals surface area contributed by atoms with Gasteiger partial charge in [0.1, 0.15) is 16.4 Å². The number of anilines is 1. The van der Waals surface area contributed by atoms with Crippen molar-refractivity contribution in [1.82, 2.24) is 0 Å². The zero-order valence-corrected chi connectivity index (χ0v) is 17.1. The van der Waals surface area contributed by atoms with Crippen LogP contribution in [0.5, 0.6) is 11.5 Å². The molecule has 0 bridgehead atoms. The summed E-state index contributed by atoms with van der Waals surface area (Å²) in [6.45, 7) is 1.35. The van der Waals surface area contributed by atoms with Crippen LogP contribution in [0.3, 0.4) is 0 Å². The van der Waals surface area contributed by atoms with E-state index in [1.54, 1.807) is 24.3 Å². The van der Waals surface area contributed by atoms with E-state index in [1.807, 2.05) is 0 Å². The van der Waals surface area contributed by atoms with Crippen LogP contribution in [0.4, 0.5) is 5.69 Å². The van der Waals surface area contributed by atoms with Crippen molar-refractivity contribution in [3.8, 4) is 11.5 Å². The number of methoxy groups -OCH3 is 1. The highest BCUT2D eigenvalue weighted by molar-refractivity contribution is 7.87. The van der Waals surface area contributed by atoms with Gasteiger partial charge in [-0.25, -0.2) is 0 Å². The minimum Gasteiger partial charge on any atom is -0.496 e. The van der Waals surface area contributed by atoms with Crippen LogP contribution in [0, 0.1) is 0 Å². The molecule has 7 nitrogen and oxygen atoms in total. The maximum atomic E-state index is 12.5. The number of rotatable bonds is 7. The molecule has 0 unspecified atom stereocenters. The fourth-order valence-electron chi connectivity index (χ4n) is 2.67. The Morgan fingerprint density at radius 2 is 1.60 bits per heavy atom. The normalized spacial score (nSPS) is 10.9. The topological polar surface area (TPSA) is 98.8 Å². The third kappa shape index (κ3) is 4.84. The van der Waals surface area contributed by atoms with Gasteiger partial charge in [0.2, 0.25) is 0 Å². The van der Waals surface area contributed by atoms with E-state index in [-0.39, 0.29) is 27.9 Å². The number of hydrogen-bond acceptors (Lipinski definition) is 6. The van der Waals surface area contributed by atoms with Crippen LogP contribution in [-0.4, -0.2) is 27.2 Å². The van der Waals surface area contributed by atoms with Gasteiger partial charge in [-0.05, 0) is 55.5 Å². The lowest BCUT2D eigenvalue weighted by Crippen LogP contribution is -2.13. The van der Waals surface area contributed by atoms with Crippen molar-refractivity contribution in [3.63, 3.8) is 0 Å². The molecule has 0 fully saturated rings. The molecule has 0 aliphatic heterocycles. The Morgan fingerprint density at radius 1 is 0.900 bits per heavy atom. The highest BCUT2D eigenvalue weighted by Gasteiger charge is 2.18. The van der Waals surface area contributed by atoms with E-state index in [0.717, 1.165) is 0 Å². The van der Waals surface area contributed by atoms with Crippen LogP contribution in [0.1, 0.15) is 27.6 Å². The quantitative estimate of drug-likeness (QED) is 0.455. The molecule has 0 spiro atoms. The predicted octanol–water partition coefficient (Wildman–Crippen LogP) is 3.92. The van der Waals surface area contributed by atoms with Gasteiger partial charge in [-0.15, -0.1) is 0 Å². The van der Waals surface area contributed by atoms with E-state index < -0.39 is 10.1 Å². The maximum absolute atomic E-state index is 12.5. The molecule has 0 aromatic heterocycles. The van der Waals surface area contributed by atoms with E-state index in [4.69, 9.17) is 8.92 Å². The minimum atomic E-state index is -4.11. The minimum absolute atomic E-state index is 0.0681. The first kappa shape index (κ1) is 21.1. The summed E-state index contributed by atoms with van der Waals surface area (Å²) in [6, 6.07) is 18.3. The first-order valence-electron chi connectivity index (χ1n) is 8.90. The lowest BCUT2D eigenvalue weighted by Gasteiger charge is -2.10. The van der Waals surface area contributed by atoms with Gasteiger partial charge < -0.3 is 14.2 Å². The number of Topliss-reactive ketones (excluding diaryl/α,β-unsaturated/α-hetero) is 1. The average Bonchev–Trinajstić information content (AvgIpc) is 2.75. The number of ketones is 1. The Bertz CT molecular complexity index is 1190. The molecule has 3 rings (SSSR count). The third-order valence-electron chi connectivity index (χ3n) is 4.20. The number of nitrogens with one attached hydrogen (secondary N) is 1. The molecule has 0 atom stereocenters. The fourth-order valence-corrected chi connectivity index (χ4v) is 3.65. The Kier molecular flexibility index (Phi) is 6.17. The Hall–Kier alpha value is -3.65. The van der Waals surface area contributed by atoms with Crippen LogP contribution in [0.25, 0.3) is 0 Å². The van der Waals surface area contributed by atoms with E-state index in [9.17, 15) is 18.0 Å². The summed E-state index contributed by atoms with van der Waals surface area (Å²) in [7, 11) is -2.64. The summed E-state index contributed by atoms with van der Waals surface area (Å²) in [4.78, 5) is 23.8. The molecule has 0 radical (unpaired) electrons. The Morgan fingerprint density at radius 3 is 2.27 bits per heavy atom. The van der Waals surface area contributed by atoms with E-state index in [0.29, 0.717) is 17.0 Å². The summed E-state index contributed by atoms with van der Waals surface area (Å²) in [5.41, 5.74) is 1.09. The van der Waals surface area contributed by atoms with Crippen LogP contribution >= 0.6 is 0 Å². The summed E-state index contributed by atoms with van der Waals surface area (Å²) >= 11 is 0. The summed E-state index contributed by atoms with van der Waals surface area (Å²) in [5, 5.41) is 2.71. The third-order valence-corrected chi connectivity index (χ3v) is 5.44. The summed E-state index contributed by atoms with van der Waals surface area (Å²) in [6.07, 6.45) is 0. The standard InChI is InChI=1S/C22H19NO6S/c1-15(24)16-6-5-7-19(14-16)30(26,27)29-18-12-10-17(11-13-18)23-22(25)20-8-3-4-9-21(20)28-2/h3-14H,1-2H3,(H,23,25). The molecule has 8 heteroatoms. The van der Waals surface area contributed by atoms with Gasteiger partial charge in [-0.2, -0.15) is 8.42 Å². The molecule has 3 aromatic rings. The van der Waals surface area contributed by atoms with Crippen molar-refractivity contribution in [2.45, 2.75) is 11.8 Å². The van der Waals surface area contributed by atoms with Crippen molar-refractivity contribution in [1.29, 1.82) is 0 Å². The second-order valence-electron chi connectivity index (χ2n) is 6.30. The molecule has 154 valence electrons. The molecule has 0 saturated carbocycles. The van der Waals surface area contributed by atoms with Gasteiger partial charge in [-0.3, -0.25) is 9.59 Å². The zero-order chi connectivity index (χ0) is 21.7. The maximum Gasteiger partial charge on any atom is 0.339 e. The number of carbonyl (C=O) groups is 2. The fraction of sp³-hybridized carbons (Fsp3) is 0.0909. The summed E-state index contributed by atoms with van der Waals surface area (Å²) in [5.74, 6) is -0.107. The van der Waals surface area contributed by atoms with Crippen molar-refractivity contribution in [2.75, 3.05) is 12.4 Å². The van der Waals surface area contributed by atoms with Gasteiger partial charge in [0, 0.05) is 11.3 Å². The highest BCUT2D eigenvalue weighted by Crippen LogP contribution is 2.23. The smallest absolute Gasteiger partial charge is 0.339 e. The Balaban J connectivity index is 1.73. The zero-order valence-electron chi connectivity index (χ0n) is 16.3. The van der Waals surface area contributed by atoms with Gasteiger partial charge in [0.05, 0.1) is 12.7 Å². The summed E-state index contributed by atoms with van der Waals surface area (Å²) < 4.78 is 35.3. The predicted molar refractivity (Wildman–Crippen MR) is 112 cm³/mol. The van der Waals surface area contributed by atoms with Crippen molar-refractivity contribution < 1.29 is 26.9 Å². The van der Waals surface area contributed by atoms with E-state index in [1.165, 1.54) is 62.6 Å². The first-order valence-corrected chi connectivity index (χ1v) is 10.3. The van der Waals surface area contributed by atoms with E-state index >= 15 is 0 Å². The van der Waals surface area contributed by atoms with Crippen LogP contribution in [0.15, 0.2) is 77.7 Å². The molecule has 30 heavy (non-hydrogen) atoms. The van der Waals surface area contributed by atoms with Crippen LogP contribution in [0.2, 0.25) is 0 Å². The second kappa shape index (κ2) is 8.79. The number of carbonyl (C=O) groups excluding carboxylic acids is 2. The molecule has 1 amide bonds. The lowest BCUT2D eigenvalue weighted by atomic mass is 10.2. The van der Waals surface area contributed by atoms with Gasteiger partial charge in [0.15, 0.2) is 5.78 Å². The van der Waals surface area contributed by atoms with Crippen molar-refractivity contribution in [3.05, 3.63) is 83.9 Å².